The third kappa shape index (κ3) is 2.69. The Morgan fingerprint density at radius 3 is 2.42 bits per heavy atom. The van der Waals surface area contributed by atoms with E-state index in [-0.39, 0.29) is 10.6 Å². The van der Waals surface area contributed by atoms with Gasteiger partial charge >= 0.3 is 0 Å². The lowest BCUT2D eigenvalue weighted by atomic mass is 10.0. The van der Waals surface area contributed by atoms with Crippen LogP contribution in [0.3, 0.4) is 0 Å². The highest BCUT2D eigenvalue weighted by Crippen LogP contribution is 2.28. The maximum Gasteiger partial charge on any atom is 0.270 e. The van der Waals surface area contributed by atoms with Gasteiger partial charge in [-0.3, -0.25) is 10.1 Å². The molecule has 0 unspecified atom stereocenters. The van der Waals surface area contributed by atoms with Gasteiger partial charge in [-0.15, -0.1) is 0 Å². The highest BCUT2D eigenvalue weighted by molar-refractivity contribution is 5.69. The van der Waals surface area contributed by atoms with Crippen molar-refractivity contribution in [2.45, 2.75) is 27.7 Å². The fourth-order valence-corrected chi connectivity index (χ4v) is 3.01. The molecule has 0 radical (unpaired) electrons. The predicted octanol–water partition coefficient (Wildman–Crippen LogP) is 4.10. The molecule has 122 valence electrons. The Kier molecular flexibility index (Phi) is 3.93. The van der Waals surface area contributed by atoms with Crippen molar-refractivity contribution in [1.82, 2.24) is 5.10 Å². The minimum absolute atomic E-state index is 0.102. The third-order valence-corrected chi connectivity index (χ3v) is 4.45. The molecule has 0 atom stereocenters. The molecule has 0 fully saturated rings. The van der Waals surface area contributed by atoms with Crippen molar-refractivity contribution >= 4 is 5.69 Å². The van der Waals surface area contributed by atoms with Crippen molar-refractivity contribution in [3.8, 4) is 16.8 Å². The van der Waals surface area contributed by atoms with Crippen LogP contribution < -0.4 is 4.68 Å². The molecule has 1 N–H and O–H groups in total. The summed E-state index contributed by atoms with van der Waals surface area (Å²) in [5.74, 6) is 0. The van der Waals surface area contributed by atoms with Crippen LogP contribution in [0, 0.1) is 37.8 Å². The molecule has 3 rings (SSSR count). The lowest BCUT2D eigenvalue weighted by molar-refractivity contribution is -0.661. The van der Waals surface area contributed by atoms with Gasteiger partial charge in [0.1, 0.15) is 0 Å². The maximum absolute atomic E-state index is 11.0. The van der Waals surface area contributed by atoms with Crippen LogP contribution in [0.4, 0.5) is 5.69 Å². The molecule has 0 spiro atoms. The van der Waals surface area contributed by atoms with Crippen molar-refractivity contribution in [2.24, 2.45) is 0 Å². The maximum atomic E-state index is 11.0. The van der Waals surface area contributed by atoms with Crippen LogP contribution in [0.15, 0.2) is 42.5 Å². The SMILES string of the molecule is Cc1ccc(-[n+]2[nH]c(C)c(-c3cccc([N+](=O)[O-])c3)c2C)cc1C. The van der Waals surface area contributed by atoms with Crippen LogP contribution in [0.5, 0.6) is 0 Å². The standard InChI is InChI=1S/C19H19N3O2/c1-12-8-9-17(10-13(12)2)21-15(4)19(14(3)20-21)16-6-5-7-18(11-16)22(23)24/h5-11H,1-4H3/p+1. The van der Waals surface area contributed by atoms with Crippen LogP contribution in [-0.2, 0) is 0 Å². The lowest BCUT2D eigenvalue weighted by Crippen LogP contribution is -2.35. The van der Waals surface area contributed by atoms with E-state index in [0.717, 1.165) is 28.2 Å². The van der Waals surface area contributed by atoms with Gasteiger partial charge < -0.3 is 0 Å². The molecular formula is C19H20N3O2+. The minimum atomic E-state index is -0.363. The normalized spacial score (nSPS) is 10.8. The fourth-order valence-electron chi connectivity index (χ4n) is 3.01. The van der Waals surface area contributed by atoms with Gasteiger partial charge in [-0.25, -0.2) is 0 Å². The van der Waals surface area contributed by atoms with E-state index < -0.39 is 0 Å². The Morgan fingerprint density at radius 2 is 1.75 bits per heavy atom. The predicted molar refractivity (Wildman–Crippen MR) is 93.4 cm³/mol. The Labute approximate surface area is 140 Å². The second-order valence-electron chi connectivity index (χ2n) is 6.11. The monoisotopic (exact) mass is 322 g/mol. The van der Waals surface area contributed by atoms with E-state index in [1.54, 1.807) is 12.1 Å². The summed E-state index contributed by atoms with van der Waals surface area (Å²) in [6.45, 7) is 8.18. The van der Waals surface area contributed by atoms with E-state index >= 15 is 0 Å². The number of aromatic amines is 1. The number of nitro groups is 1. The Hall–Kier alpha value is -2.95. The number of nitro benzene ring substituents is 1. The number of non-ortho nitro benzene ring substituents is 1. The molecule has 5 heteroatoms. The average Bonchev–Trinajstić information content (AvgIpc) is 2.85. The molecule has 0 saturated heterocycles. The second-order valence-corrected chi connectivity index (χ2v) is 6.11. The molecule has 0 aliphatic heterocycles. The molecule has 0 bridgehead atoms. The van der Waals surface area contributed by atoms with E-state index in [1.807, 2.05) is 24.6 Å². The molecule has 1 aromatic heterocycles. The number of H-pyrrole nitrogens is 1. The Bertz CT molecular complexity index is 942. The minimum Gasteiger partial charge on any atom is -0.258 e. The highest BCUT2D eigenvalue weighted by atomic mass is 16.6. The average molecular weight is 322 g/mol. The summed E-state index contributed by atoms with van der Waals surface area (Å²) < 4.78 is 2.02. The van der Waals surface area contributed by atoms with Gasteiger partial charge in [-0.1, -0.05) is 22.9 Å². The summed E-state index contributed by atoms with van der Waals surface area (Å²) in [5, 5.41) is 14.4. The van der Waals surface area contributed by atoms with Crippen LogP contribution in [0.1, 0.15) is 22.5 Å². The molecule has 3 aromatic rings. The first-order chi connectivity index (χ1) is 11.4. The number of benzene rings is 2. The quantitative estimate of drug-likeness (QED) is 0.448. The van der Waals surface area contributed by atoms with Crippen molar-refractivity contribution in [2.75, 3.05) is 0 Å². The second kappa shape index (κ2) is 5.92. The van der Waals surface area contributed by atoms with Crippen LogP contribution in [0.2, 0.25) is 0 Å². The number of aromatic nitrogens is 2. The smallest absolute Gasteiger partial charge is 0.258 e. The van der Waals surface area contributed by atoms with Crippen molar-refractivity contribution in [3.05, 3.63) is 75.1 Å². The summed E-state index contributed by atoms with van der Waals surface area (Å²) >= 11 is 0. The number of rotatable bonds is 3. The van der Waals surface area contributed by atoms with Gasteiger partial charge in [0.25, 0.3) is 5.69 Å². The molecule has 0 amide bonds. The number of nitrogens with one attached hydrogen (secondary N) is 1. The molecule has 2 aromatic carbocycles. The van der Waals surface area contributed by atoms with Crippen LogP contribution >= 0.6 is 0 Å². The van der Waals surface area contributed by atoms with Crippen LogP contribution in [-0.4, -0.2) is 10.0 Å². The summed E-state index contributed by atoms with van der Waals surface area (Å²) in [6, 6.07) is 13.1. The van der Waals surface area contributed by atoms with Crippen molar-refractivity contribution < 1.29 is 9.61 Å². The first-order valence-corrected chi connectivity index (χ1v) is 7.82. The van der Waals surface area contributed by atoms with Gasteiger partial charge in [-0.2, -0.15) is 5.10 Å². The van der Waals surface area contributed by atoms with E-state index in [0.29, 0.717) is 0 Å². The fraction of sp³-hybridized carbons (Fsp3) is 0.211. The Balaban J connectivity index is 2.15. The van der Waals surface area contributed by atoms with Gasteiger partial charge in [0.05, 0.1) is 16.2 Å². The Morgan fingerprint density at radius 1 is 1.00 bits per heavy atom. The molecule has 24 heavy (non-hydrogen) atoms. The largest absolute Gasteiger partial charge is 0.270 e. The van der Waals surface area contributed by atoms with Gasteiger partial charge in [0, 0.05) is 31.2 Å². The first-order valence-electron chi connectivity index (χ1n) is 7.82. The number of hydrogen-bond donors (Lipinski definition) is 1. The zero-order valence-electron chi connectivity index (χ0n) is 14.3. The van der Waals surface area contributed by atoms with E-state index in [1.165, 1.54) is 17.2 Å². The van der Waals surface area contributed by atoms with E-state index in [2.05, 4.69) is 37.1 Å². The van der Waals surface area contributed by atoms with Gasteiger partial charge in [-0.05, 0) is 37.5 Å². The summed E-state index contributed by atoms with van der Waals surface area (Å²) in [6.07, 6.45) is 0. The zero-order valence-corrected chi connectivity index (χ0v) is 14.3. The summed E-state index contributed by atoms with van der Waals surface area (Å²) in [7, 11) is 0. The molecular weight excluding hydrogens is 302 g/mol. The number of hydrogen-bond acceptors (Lipinski definition) is 2. The molecule has 0 saturated carbocycles. The van der Waals surface area contributed by atoms with Crippen molar-refractivity contribution in [3.63, 3.8) is 0 Å². The highest BCUT2D eigenvalue weighted by Gasteiger charge is 2.23. The zero-order chi connectivity index (χ0) is 17.4. The first kappa shape index (κ1) is 15.9. The molecule has 0 aliphatic carbocycles. The van der Waals surface area contributed by atoms with Gasteiger partial charge in [0.15, 0.2) is 0 Å². The molecule has 0 aliphatic rings. The van der Waals surface area contributed by atoms with E-state index in [4.69, 9.17) is 0 Å². The summed E-state index contributed by atoms with van der Waals surface area (Å²) in [4.78, 5) is 10.7. The topological polar surface area (TPSA) is 62.8 Å². The van der Waals surface area contributed by atoms with E-state index in [9.17, 15) is 10.1 Å². The lowest BCUT2D eigenvalue weighted by Gasteiger charge is -2.01. The van der Waals surface area contributed by atoms with Crippen molar-refractivity contribution in [1.29, 1.82) is 0 Å². The van der Waals surface area contributed by atoms with Crippen LogP contribution in [0.25, 0.3) is 16.8 Å². The number of aryl methyl sites for hydroxylation is 3. The summed E-state index contributed by atoms with van der Waals surface area (Å²) in [5.41, 5.74) is 7.47. The number of nitrogens with zero attached hydrogens (tertiary/aromatic N) is 2. The molecule has 1 heterocycles. The third-order valence-electron chi connectivity index (χ3n) is 4.45. The molecule has 5 nitrogen and oxygen atoms in total. The van der Waals surface area contributed by atoms with Gasteiger partial charge in [0.2, 0.25) is 11.4 Å².